The average Bonchev–Trinajstić information content (AvgIpc) is 2.38. The largest absolute Gasteiger partial charge is 0.330 e. The highest BCUT2D eigenvalue weighted by molar-refractivity contribution is 5.66. The quantitative estimate of drug-likeness (QED) is 0.817. The first-order valence-corrected chi connectivity index (χ1v) is 6.38. The number of aryl methyl sites for hydroxylation is 1. The molecule has 0 spiro atoms. The molecule has 1 aromatic rings. The average molecular weight is 215 g/mol. The lowest BCUT2D eigenvalue weighted by molar-refractivity contribution is 0.742. The molecule has 1 aliphatic carbocycles. The van der Waals surface area contributed by atoms with E-state index in [4.69, 9.17) is 5.73 Å². The second-order valence-electron chi connectivity index (χ2n) is 4.56. The molecule has 1 aliphatic rings. The lowest BCUT2D eigenvalue weighted by Crippen LogP contribution is -2.00. The van der Waals surface area contributed by atoms with Crippen LogP contribution in [0.2, 0.25) is 0 Å². The topological polar surface area (TPSA) is 26.0 Å². The summed E-state index contributed by atoms with van der Waals surface area (Å²) in [6.45, 7) is 0.785. The Morgan fingerprint density at radius 3 is 2.50 bits per heavy atom. The molecule has 0 amide bonds. The maximum atomic E-state index is 5.51. The first-order chi connectivity index (χ1) is 7.90. The van der Waals surface area contributed by atoms with Gasteiger partial charge in [-0.05, 0) is 61.8 Å². The van der Waals surface area contributed by atoms with Gasteiger partial charge in [0.1, 0.15) is 0 Å². The molecule has 2 N–H and O–H groups in total. The Balaban J connectivity index is 2.03. The highest BCUT2D eigenvalue weighted by Gasteiger charge is 2.05. The second-order valence-corrected chi connectivity index (χ2v) is 4.56. The molecule has 0 saturated heterocycles. The molecule has 0 fully saturated rings. The number of benzene rings is 1. The van der Waals surface area contributed by atoms with Gasteiger partial charge in [0, 0.05) is 0 Å². The van der Waals surface area contributed by atoms with E-state index in [-0.39, 0.29) is 0 Å². The van der Waals surface area contributed by atoms with Crippen molar-refractivity contribution in [2.24, 2.45) is 5.73 Å². The van der Waals surface area contributed by atoms with Gasteiger partial charge < -0.3 is 5.73 Å². The standard InChI is InChI=1S/C15H21N/c16-12-4-5-13-8-10-15(11-9-13)14-6-2-1-3-7-14/h6,8-11H,1-5,7,12,16H2. The van der Waals surface area contributed by atoms with Crippen LogP contribution in [0.4, 0.5) is 0 Å². The maximum Gasteiger partial charge on any atom is -0.00741 e. The van der Waals surface area contributed by atoms with Crippen LogP contribution in [0, 0.1) is 0 Å². The molecule has 0 aliphatic heterocycles. The molecule has 0 aromatic heterocycles. The summed E-state index contributed by atoms with van der Waals surface area (Å²) in [5, 5.41) is 0. The monoisotopic (exact) mass is 215 g/mol. The van der Waals surface area contributed by atoms with Crippen molar-refractivity contribution in [3.63, 3.8) is 0 Å². The molecule has 1 nitrogen and oxygen atoms in total. The minimum atomic E-state index is 0.785. The molecule has 0 atom stereocenters. The van der Waals surface area contributed by atoms with Crippen molar-refractivity contribution < 1.29 is 0 Å². The predicted octanol–water partition coefficient (Wildman–Crippen LogP) is 3.54. The van der Waals surface area contributed by atoms with Gasteiger partial charge in [-0.3, -0.25) is 0 Å². The van der Waals surface area contributed by atoms with E-state index in [2.05, 4.69) is 30.3 Å². The smallest absolute Gasteiger partial charge is 0.00741 e. The highest BCUT2D eigenvalue weighted by Crippen LogP contribution is 2.26. The third-order valence-electron chi connectivity index (χ3n) is 3.29. The molecule has 0 unspecified atom stereocenters. The van der Waals surface area contributed by atoms with Crippen molar-refractivity contribution in [3.8, 4) is 0 Å². The van der Waals surface area contributed by atoms with Gasteiger partial charge in [0.05, 0.1) is 0 Å². The zero-order chi connectivity index (χ0) is 11.2. The van der Waals surface area contributed by atoms with Crippen LogP contribution >= 0.6 is 0 Å². The van der Waals surface area contributed by atoms with Crippen LogP contribution in [-0.2, 0) is 6.42 Å². The molecule has 0 heterocycles. The number of hydrogen-bond acceptors (Lipinski definition) is 1. The van der Waals surface area contributed by atoms with Gasteiger partial charge in [0.2, 0.25) is 0 Å². The van der Waals surface area contributed by atoms with Gasteiger partial charge in [-0.15, -0.1) is 0 Å². The predicted molar refractivity (Wildman–Crippen MR) is 70.3 cm³/mol. The van der Waals surface area contributed by atoms with Crippen LogP contribution in [0.1, 0.15) is 43.2 Å². The van der Waals surface area contributed by atoms with Crippen molar-refractivity contribution >= 4 is 5.57 Å². The van der Waals surface area contributed by atoms with Crippen LogP contribution in [-0.4, -0.2) is 6.54 Å². The fraction of sp³-hybridized carbons (Fsp3) is 0.467. The van der Waals surface area contributed by atoms with E-state index >= 15 is 0 Å². The van der Waals surface area contributed by atoms with Crippen LogP contribution in [0.3, 0.4) is 0 Å². The Labute approximate surface area is 98.4 Å². The molecule has 0 bridgehead atoms. The summed E-state index contributed by atoms with van der Waals surface area (Å²) in [4.78, 5) is 0. The molecule has 2 rings (SSSR count). The van der Waals surface area contributed by atoms with E-state index in [0.717, 1.165) is 19.4 Å². The molecular formula is C15H21N. The number of hydrogen-bond donors (Lipinski definition) is 1. The van der Waals surface area contributed by atoms with E-state index in [0.29, 0.717) is 0 Å². The van der Waals surface area contributed by atoms with Gasteiger partial charge in [-0.25, -0.2) is 0 Å². The van der Waals surface area contributed by atoms with Gasteiger partial charge in [0.15, 0.2) is 0 Å². The summed E-state index contributed by atoms with van der Waals surface area (Å²) in [6.07, 6.45) is 9.81. The zero-order valence-corrected chi connectivity index (χ0v) is 9.91. The zero-order valence-electron chi connectivity index (χ0n) is 9.91. The normalized spacial score (nSPS) is 15.9. The summed E-state index contributed by atoms with van der Waals surface area (Å²) < 4.78 is 0. The summed E-state index contributed by atoms with van der Waals surface area (Å²) >= 11 is 0. The summed E-state index contributed by atoms with van der Waals surface area (Å²) in [5.74, 6) is 0. The number of rotatable bonds is 4. The number of nitrogens with two attached hydrogens (primary N) is 1. The van der Waals surface area contributed by atoms with E-state index in [9.17, 15) is 0 Å². The third kappa shape index (κ3) is 2.96. The summed E-state index contributed by atoms with van der Waals surface area (Å²) in [6, 6.07) is 9.03. The van der Waals surface area contributed by atoms with E-state index in [1.54, 1.807) is 0 Å². The molecule has 0 radical (unpaired) electrons. The molecule has 16 heavy (non-hydrogen) atoms. The van der Waals surface area contributed by atoms with E-state index < -0.39 is 0 Å². The first-order valence-electron chi connectivity index (χ1n) is 6.38. The Bertz CT molecular complexity index is 348. The van der Waals surface area contributed by atoms with Crippen molar-refractivity contribution in [3.05, 3.63) is 41.5 Å². The van der Waals surface area contributed by atoms with Gasteiger partial charge in [-0.1, -0.05) is 30.3 Å². The van der Waals surface area contributed by atoms with Gasteiger partial charge in [-0.2, -0.15) is 0 Å². The third-order valence-corrected chi connectivity index (χ3v) is 3.29. The lowest BCUT2D eigenvalue weighted by atomic mass is 9.93. The number of allylic oxidation sites excluding steroid dienone is 2. The molecule has 1 aromatic carbocycles. The van der Waals surface area contributed by atoms with Crippen molar-refractivity contribution in [2.45, 2.75) is 38.5 Å². The summed E-state index contributed by atoms with van der Waals surface area (Å²) in [5.41, 5.74) is 9.87. The highest BCUT2D eigenvalue weighted by atomic mass is 14.5. The van der Waals surface area contributed by atoms with Crippen LogP contribution < -0.4 is 5.73 Å². The Morgan fingerprint density at radius 1 is 1.06 bits per heavy atom. The molecule has 0 saturated carbocycles. The minimum absolute atomic E-state index is 0.785. The Morgan fingerprint density at radius 2 is 1.88 bits per heavy atom. The molecule has 1 heteroatoms. The van der Waals surface area contributed by atoms with Gasteiger partial charge >= 0.3 is 0 Å². The van der Waals surface area contributed by atoms with Gasteiger partial charge in [0.25, 0.3) is 0 Å². The van der Waals surface area contributed by atoms with Crippen LogP contribution in [0.15, 0.2) is 30.3 Å². The van der Waals surface area contributed by atoms with E-state index in [1.165, 1.54) is 42.4 Å². The van der Waals surface area contributed by atoms with Crippen molar-refractivity contribution in [1.82, 2.24) is 0 Å². The lowest BCUT2D eigenvalue weighted by Gasteiger charge is -2.13. The molecular weight excluding hydrogens is 194 g/mol. The Hall–Kier alpha value is -1.08. The minimum Gasteiger partial charge on any atom is -0.330 e. The fourth-order valence-corrected chi connectivity index (χ4v) is 2.29. The second kappa shape index (κ2) is 5.86. The SMILES string of the molecule is NCCCc1ccc(C2=CCCCC2)cc1. The van der Waals surface area contributed by atoms with Crippen LogP contribution in [0.5, 0.6) is 0 Å². The summed E-state index contributed by atoms with van der Waals surface area (Å²) in [7, 11) is 0. The maximum absolute atomic E-state index is 5.51. The van der Waals surface area contributed by atoms with Crippen LogP contribution in [0.25, 0.3) is 5.57 Å². The fourth-order valence-electron chi connectivity index (χ4n) is 2.29. The van der Waals surface area contributed by atoms with Crippen molar-refractivity contribution in [1.29, 1.82) is 0 Å². The molecule has 86 valence electrons. The van der Waals surface area contributed by atoms with Crippen molar-refractivity contribution in [2.75, 3.05) is 6.54 Å². The Kier molecular flexibility index (Phi) is 4.17. The van der Waals surface area contributed by atoms with E-state index in [1.807, 2.05) is 0 Å². The first kappa shape index (κ1) is 11.4.